The fraction of sp³-hybridized carbons (Fsp3) is 0.381. The van der Waals surface area contributed by atoms with Crippen LogP contribution in [0.2, 0.25) is 0 Å². The Morgan fingerprint density at radius 2 is 1.96 bits per heavy atom. The van der Waals surface area contributed by atoms with E-state index >= 15 is 0 Å². The number of amides is 1. The Kier molecular flexibility index (Phi) is 5.54. The van der Waals surface area contributed by atoms with E-state index in [0.717, 1.165) is 47.6 Å². The molecule has 1 aliphatic heterocycles. The third-order valence-electron chi connectivity index (χ3n) is 5.23. The second-order valence-corrected chi connectivity index (χ2v) is 8.25. The molecule has 0 atom stereocenters. The minimum Gasteiger partial charge on any atom is -0.339 e. The lowest BCUT2D eigenvalue weighted by Crippen LogP contribution is -2.39. The summed E-state index contributed by atoms with van der Waals surface area (Å²) in [5.41, 5.74) is 3.10. The van der Waals surface area contributed by atoms with Gasteiger partial charge in [-0.25, -0.2) is 0 Å². The quantitative estimate of drug-likeness (QED) is 0.699. The summed E-state index contributed by atoms with van der Waals surface area (Å²) >= 11 is 1.61. The lowest BCUT2D eigenvalue weighted by molar-refractivity contribution is -0.117. The monoisotopic (exact) mass is 396 g/mol. The summed E-state index contributed by atoms with van der Waals surface area (Å²) in [4.78, 5) is 20.3. The maximum absolute atomic E-state index is 12.5. The van der Waals surface area contributed by atoms with Crippen molar-refractivity contribution in [2.24, 2.45) is 0 Å². The largest absolute Gasteiger partial charge is 0.339 e. The van der Waals surface area contributed by atoms with Crippen molar-refractivity contribution in [1.82, 2.24) is 15.0 Å². The van der Waals surface area contributed by atoms with Crippen LogP contribution >= 0.6 is 11.3 Å². The smallest absolute Gasteiger partial charge is 0.238 e. The molecular formula is C21H24N4O2S. The van der Waals surface area contributed by atoms with Crippen molar-refractivity contribution >= 4 is 22.9 Å². The number of nitrogens with zero attached hydrogens (tertiary/aromatic N) is 3. The Morgan fingerprint density at radius 3 is 2.64 bits per heavy atom. The van der Waals surface area contributed by atoms with E-state index in [9.17, 15) is 4.79 Å². The third-order valence-corrected chi connectivity index (χ3v) is 6.10. The van der Waals surface area contributed by atoms with Crippen LogP contribution < -0.4 is 5.32 Å². The number of rotatable bonds is 5. The number of para-hydroxylation sites is 1. The van der Waals surface area contributed by atoms with Gasteiger partial charge in [-0.3, -0.25) is 9.69 Å². The number of piperidine rings is 1. The summed E-state index contributed by atoms with van der Waals surface area (Å²) in [7, 11) is 0. The first-order chi connectivity index (χ1) is 13.6. The standard InChI is InChI=1S/C21H24N4O2S/c1-14-5-3-6-15(2)19(14)22-18(26)13-25-10-8-16(9-11-25)21-23-20(24-27-21)17-7-4-12-28-17/h3-7,12,16H,8-11,13H2,1-2H3,(H,22,26). The Hall–Kier alpha value is -2.51. The van der Waals surface area contributed by atoms with E-state index in [-0.39, 0.29) is 11.8 Å². The number of thiophene rings is 1. The average molecular weight is 397 g/mol. The number of carbonyl (C=O) groups is 1. The molecule has 1 amide bonds. The molecule has 1 fully saturated rings. The molecule has 7 heteroatoms. The highest BCUT2D eigenvalue weighted by Crippen LogP contribution is 2.29. The van der Waals surface area contributed by atoms with Crippen LogP contribution in [0, 0.1) is 13.8 Å². The fourth-order valence-corrected chi connectivity index (χ4v) is 4.29. The Morgan fingerprint density at radius 1 is 1.21 bits per heavy atom. The minimum absolute atomic E-state index is 0.0358. The van der Waals surface area contributed by atoms with Gasteiger partial charge < -0.3 is 9.84 Å². The lowest BCUT2D eigenvalue weighted by Gasteiger charge is -2.29. The van der Waals surface area contributed by atoms with E-state index in [1.165, 1.54) is 0 Å². The molecule has 4 rings (SSSR count). The molecule has 0 saturated carbocycles. The summed E-state index contributed by atoms with van der Waals surface area (Å²) < 4.78 is 5.50. The zero-order valence-electron chi connectivity index (χ0n) is 16.1. The van der Waals surface area contributed by atoms with E-state index in [0.29, 0.717) is 18.3 Å². The van der Waals surface area contributed by atoms with Crippen LogP contribution in [0.4, 0.5) is 5.69 Å². The Labute approximate surface area is 168 Å². The molecular weight excluding hydrogens is 372 g/mol. The SMILES string of the molecule is Cc1cccc(C)c1NC(=O)CN1CCC(c2nc(-c3cccs3)no2)CC1. The highest BCUT2D eigenvalue weighted by atomic mass is 32.1. The van der Waals surface area contributed by atoms with E-state index < -0.39 is 0 Å². The average Bonchev–Trinajstić information content (AvgIpc) is 3.37. The second-order valence-electron chi connectivity index (χ2n) is 7.30. The number of likely N-dealkylation sites (tertiary alicyclic amines) is 1. The predicted octanol–water partition coefficient (Wildman–Crippen LogP) is 4.23. The summed E-state index contributed by atoms with van der Waals surface area (Å²) in [6.45, 7) is 6.14. The number of aromatic nitrogens is 2. The second kappa shape index (κ2) is 8.24. The molecule has 1 aliphatic rings. The van der Waals surface area contributed by atoms with Gasteiger partial charge in [-0.05, 0) is 62.4 Å². The van der Waals surface area contributed by atoms with Crippen LogP contribution in [0.3, 0.4) is 0 Å². The zero-order chi connectivity index (χ0) is 19.5. The normalized spacial score (nSPS) is 15.6. The van der Waals surface area contributed by atoms with Gasteiger partial charge in [0.2, 0.25) is 17.6 Å². The molecule has 0 unspecified atom stereocenters. The van der Waals surface area contributed by atoms with Crippen molar-refractivity contribution in [2.45, 2.75) is 32.6 Å². The number of aryl methyl sites for hydroxylation is 2. The van der Waals surface area contributed by atoms with Gasteiger partial charge in [0, 0.05) is 11.6 Å². The highest BCUT2D eigenvalue weighted by Gasteiger charge is 2.26. The number of carbonyl (C=O) groups excluding carboxylic acids is 1. The van der Waals surface area contributed by atoms with Crippen LogP contribution in [0.15, 0.2) is 40.2 Å². The lowest BCUT2D eigenvalue weighted by atomic mass is 9.97. The molecule has 0 aliphatic carbocycles. The van der Waals surface area contributed by atoms with E-state index in [4.69, 9.17) is 4.52 Å². The fourth-order valence-electron chi connectivity index (χ4n) is 3.64. The van der Waals surface area contributed by atoms with Crippen molar-refractivity contribution in [3.8, 4) is 10.7 Å². The number of hydrogen-bond donors (Lipinski definition) is 1. The van der Waals surface area contributed by atoms with Crippen LogP contribution in [-0.4, -0.2) is 40.6 Å². The van der Waals surface area contributed by atoms with Crippen molar-refractivity contribution < 1.29 is 9.32 Å². The van der Waals surface area contributed by atoms with Gasteiger partial charge >= 0.3 is 0 Å². The maximum atomic E-state index is 12.5. The van der Waals surface area contributed by atoms with E-state index in [2.05, 4.69) is 20.4 Å². The number of anilines is 1. The first kappa shape index (κ1) is 18.8. The van der Waals surface area contributed by atoms with Crippen molar-refractivity contribution in [2.75, 3.05) is 25.0 Å². The number of nitrogens with one attached hydrogen (secondary N) is 1. The molecule has 1 saturated heterocycles. The molecule has 6 nitrogen and oxygen atoms in total. The van der Waals surface area contributed by atoms with E-state index in [1.54, 1.807) is 11.3 Å². The molecule has 1 N–H and O–H groups in total. The number of hydrogen-bond acceptors (Lipinski definition) is 6. The minimum atomic E-state index is 0.0358. The van der Waals surface area contributed by atoms with Crippen molar-refractivity contribution in [3.05, 3.63) is 52.7 Å². The summed E-state index contributed by atoms with van der Waals surface area (Å²) in [6, 6.07) is 10.0. The summed E-state index contributed by atoms with van der Waals surface area (Å²) in [5.74, 6) is 1.68. The van der Waals surface area contributed by atoms with Crippen LogP contribution in [0.25, 0.3) is 10.7 Å². The van der Waals surface area contributed by atoms with Crippen LogP contribution in [-0.2, 0) is 4.79 Å². The molecule has 1 aromatic carbocycles. The summed E-state index contributed by atoms with van der Waals surface area (Å²) in [6.07, 6.45) is 1.84. The van der Waals surface area contributed by atoms with Crippen LogP contribution in [0.1, 0.15) is 35.8 Å². The first-order valence-electron chi connectivity index (χ1n) is 9.56. The highest BCUT2D eigenvalue weighted by molar-refractivity contribution is 7.13. The molecule has 3 aromatic rings. The molecule has 2 aromatic heterocycles. The predicted molar refractivity (Wildman–Crippen MR) is 111 cm³/mol. The molecule has 0 bridgehead atoms. The van der Waals surface area contributed by atoms with Gasteiger partial charge in [-0.1, -0.05) is 29.4 Å². The Balaban J connectivity index is 1.30. The van der Waals surface area contributed by atoms with Crippen molar-refractivity contribution in [1.29, 1.82) is 0 Å². The molecule has 3 heterocycles. The van der Waals surface area contributed by atoms with Gasteiger partial charge in [-0.2, -0.15) is 4.98 Å². The van der Waals surface area contributed by atoms with Gasteiger partial charge in [0.15, 0.2) is 0 Å². The van der Waals surface area contributed by atoms with E-state index in [1.807, 2.05) is 49.6 Å². The number of benzene rings is 1. The zero-order valence-corrected chi connectivity index (χ0v) is 17.0. The van der Waals surface area contributed by atoms with Gasteiger partial charge in [0.25, 0.3) is 0 Å². The third kappa shape index (κ3) is 4.15. The molecule has 0 spiro atoms. The Bertz CT molecular complexity index is 923. The first-order valence-corrected chi connectivity index (χ1v) is 10.4. The molecule has 28 heavy (non-hydrogen) atoms. The van der Waals surface area contributed by atoms with Gasteiger partial charge in [0.05, 0.1) is 11.4 Å². The molecule has 146 valence electrons. The summed E-state index contributed by atoms with van der Waals surface area (Å²) in [5, 5.41) is 9.19. The molecule has 0 radical (unpaired) electrons. The van der Waals surface area contributed by atoms with Crippen molar-refractivity contribution in [3.63, 3.8) is 0 Å². The van der Waals surface area contributed by atoms with Gasteiger partial charge in [0.1, 0.15) is 0 Å². The van der Waals surface area contributed by atoms with Crippen LogP contribution in [0.5, 0.6) is 0 Å². The topological polar surface area (TPSA) is 71.3 Å². The maximum Gasteiger partial charge on any atom is 0.238 e. The van der Waals surface area contributed by atoms with Gasteiger partial charge in [-0.15, -0.1) is 11.3 Å².